The molecule has 0 unspecified atom stereocenters. The number of nitrogens with one attached hydrogen (secondary N) is 1. The monoisotopic (exact) mass is 427 g/mol. The molecule has 0 amide bonds. The summed E-state index contributed by atoms with van der Waals surface area (Å²) in [6.45, 7) is 11.2. The second-order valence-corrected chi connectivity index (χ2v) is 9.21. The number of piperazine rings is 1. The number of fused-ring (bicyclic) bond motifs is 1. The normalized spacial score (nSPS) is 15.6. The Kier molecular flexibility index (Phi) is 5.85. The molecule has 1 N–H and O–H groups in total. The summed E-state index contributed by atoms with van der Waals surface area (Å²) in [7, 11) is 2.21. The van der Waals surface area contributed by atoms with Crippen LogP contribution in [0.3, 0.4) is 0 Å². The molecular weight excluding hydrogens is 394 g/mol. The van der Waals surface area contributed by atoms with Crippen molar-refractivity contribution >= 4 is 10.9 Å². The molecule has 1 aliphatic heterocycles. The fourth-order valence-electron chi connectivity index (χ4n) is 4.67. The SMILES string of the molecule is Cc1ccc(-c2nc(-c3ccc4c(ccn4CCCN4CCN(C)CC4)c3)[nH]c2C)cc1. The fourth-order valence-corrected chi connectivity index (χ4v) is 4.67. The van der Waals surface area contributed by atoms with Crippen molar-refractivity contribution in [2.45, 2.75) is 26.8 Å². The molecule has 166 valence electrons. The first-order chi connectivity index (χ1) is 15.6. The van der Waals surface area contributed by atoms with Crippen molar-refractivity contribution in [2.24, 2.45) is 0 Å². The van der Waals surface area contributed by atoms with Gasteiger partial charge in [-0.1, -0.05) is 29.8 Å². The Bertz CT molecular complexity index is 1190. The first kappa shape index (κ1) is 21.0. The highest BCUT2D eigenvalue weighted by molar-refractivity contribution is 5.85. The van der Waals surface area contributed by atoms with Gasteiger partial charge in [0, 0.05) is 66.6 Å². The Balaban J connectivity index is 1.30. The highest BCUT2D eigenvalue weighted by Gasteiger charge is 2.14. The molecule has 0 aliphatic carbocycles. The number of aryl methyl sites for hydroxylation is 3. The lowest BCUT2D eigenvalue weighted by atomic mass is 10.1. The molecule has 0 atom stereocenters. The van der Waals surface area contributed by atoms with Crippen LogP contribution in [-0.2, 0) is 6.54 Å². The van der Waals surface area contributed by atoms with E-state index in [0.29, 0.717) is 0 Å². The van der Waals surface area contributed by atoms with Gasteiger partial charge in [-0.3, -0.25) is 0 Å². The van der Waals surface area contributed by atoms with Crippen LogP contribution in [0.15, 0.2) is 54.7 Å². The Morgan fingerprint density at radius 1 is 0.875 bits per heavy atom. The van der Waals surface area contributed by atoms with E-state index in [1.807, 2.05) is 0 Å². The van der Waals surface area contributed by atoms with Crippen LogP contribution < -0.4 is 0 Å². The van der Waals surface area contributed by atoms with Crippen molar-refractivity contribution < 1.29 is 0 Å². The molecule has 0 radical (unpaired) electrons. The molecule has 0 bridgehead atoms. The maximum Gasteiger partial charge on any atom is 0.138 e. The number of aromatic nitrogens is 3. The van der Waals surface area contributed by atoms with E-state index >= 15 is 0 Å². The van der Waals surface area contributed by atoms with E-state index in [1.165, 1.54) is 55.6 Å². The number of hydrogen-bond acceptors (Lipinski definition) is 3. The van der Waals surface area contributed by atoms with Crippen LogP contribution in [0.2, 0.25) is 0 Å². The first-order valence-electron chi connectivity index (χ1n) is 11.7. The number of hydrogen-bond donors (Lipinski definition) is 1. The molecular formula is C27H33N5. The summed E-state index contributed by atoms with van der Waals surface area (Å²) in [6, 6.07) is 17.5. The Morgan fingerprint density at radius 2 is 1.62 bits per heavy atom. The molecule has 2 aromatic heterocycles. The molecule has 5 heteroatoms. The third kappa shape index (κ3) is 4.36. The van der Waals surface area contributed by atoms with Crippen LogP contribution in [0, 0.1) is 13.8 Å². The van der Waals surface area contributed by atoms with E-state index in [-0.39, 0.29) is 0 Å². The van der Waals surface area contributed by atoms with Crippen molar-refractivity contribution in [3.63, 3.8) is 0 Å². The van der Waals surface area contributed by atoms with Crippen molar-refractivity contribution in [1.82, 2.24) is 24.3 Å². The van der Waals surface area contributed by atoms with Crippen LogP contribution >= 0.6 is 0 Å². The van der Waals surface area contributed by atoms with Gasteiger partial charge < -0.3 is 19.4 Å². The van der Waals surface area contributed by atoms with E-state index in [4.69, 9.17) is 4.98 Å². The Morgan fingerprint density at radius 3 is 2.41 bits per heavy atom. The first-order valence-corrected chi connectivity index (χ1v) is 11.7. The van der Waals surface area contributed by atoms with Crippen molar-refractivity contribution in [1.29, 1.82) is 0 Å². The van der Waals surface area contributed by atoms with Gasteiger partial charge in [0.2, 0.25) is 0 Å². The van der Waals surface area contributed by atoms with Crippen molar-refractivity contribution in [3.8, 4) is 22.6 Å². The molecule has 5 rings (SSSR count). The number of H-pyrrole nitrogens is 1. The van der Waals surface area contributed by atoms with Crippen molar-refractivity contribution in [2.75, 3.05) is 39.8 Å². The molecule has 1 fully saturated rings. The van der Waals surface area contributed by atoms with Crippen LogP contribution in [-0.4, -0.2) is 64.1 Å². The van der Waals surface area contributed by atoms with E-state index in [0.717, 1.165) is 34.9 Å². The summed E-state index contributed by atoms with van der Waals surface area (Å²) in [5, 5.41) is 1.27. The van der Waals surface area contributed by atoms with Gasteiger partial charge in [0.1, 0.15) is 5.82 Å². The molecule has 2 aromatic carbocycles. The third-order valence-electron chi connectivity index (χ3n) is 6.72. The maximum atomic E-state index is 4.93. The van der Waals surface area contributed by atoms with Crippen molar-refractivity contribution in [3.05, 3.63) is 66.0 Å². The van der Waals surface area contributed by atoms with Gasteiger partial charge in [0.05, 0.1) is 5.69 Å². The Labute approximate surface area is 190 Å². The molecule has 3 heterocycles. The average Bonchev–Trinajstić information content (AvgIpc) is 3.39. The molecule has 1 saturated heterocycles. The lowest BCUT2D eigenvalue weighted by Crippen LogP contribution is -2.44. The van der Waals surface area contributed by atoms with Gasteiger partial charge in [-0.15, -0.1) is 0 Å². The average molecular weight is 428 g/mol. The topological polar surface area (TPSA) is 40.1 Å². The van der Waals surface area contributed by atoms with E-state index in [2.05, 4.69) is 95.0 Å². The largest absolute Gasteiger partial charge is 0.347 e. The smallest absolute Gasteiger partial charge is 0.138 e. The van der Waals surface area contributed by atoms with Gasteiger partial charge in [0.25, 0.3) is 0 Å². The number of nitrogens with zero attached hydrogens (tertiary/aromatic N) is 4. The summed E-state index contributed by atoms with van der Waals surface area (Å²) in [6.07, 6.45) is 3.41. The summed E-state index contributed by atoms with van der Waals surface area (Å²) in [4.78, 5) is 13.4. The molecule has 5 nitrogen and oxygen atoms in total. The van der Waals surface area contributed by atoms with E-state index in [1.54, 1.807) is 0 Å². The van der Waals surface area contributed by atoms with Gasteiger partial charge in [-0.2, -0.15) is 0 Å². The zero-order valence-corrected chi connectivity index (χ0v) is 19.4. The van der Waals surface area contributed by atoms with Crippen LogP contribution in [0.1, 0.15) is 17.7 Å². The predicted molar refractivity (Wildman–Crippen MR) is 133 cm³/mol. The van der Waals surface area contributed by atoms with Crippen LogP contribution in [0.5, 0.6) is 0 Å². The van der Waals surface area contributed by atoms with Crippen LogP contribution in [0.4, 0.5) is 0 Å². The molecule has 0 spiro atoms. The van der Waals surface area contributed by atoms with Crippen LogP contribution in [0.25, 0.3) is 33.5 Å². The number of rotatable bonds is 6. The van der Waals surface area contributed by atoms with Gasteiger partial charge in [-0.25, -0.2) is 4.98 Å². The lowest BCUT2D eigenvalue weighted by molar-refractivity contribution is 0.151. The minimum Gasteiger partial charge on any atom is -0.347 e. The maximum absolute atomic E-state index is 4.93. The minimum atomic E-state index is 0.933. The fraction of sp³-hybridized carbons (Fsp3) is 0.370. The number of aromatic amines is 1. The summed E-state index contributed by atoms with van der Waals surface area (Å²) in [5.41, 5.74) is 6.99. The Hall–Kier alpha value is -2.89. The third-order valence-corrected chi connectivity index (χ3v) is 6.72. The summed E-state index contributed by atoms with van der Waals surface area (Å²) in [5.74, 6) is 0.933. The van der Waals surface area contributed by atoms with Gasteiger partial charge in [-0.05, 0) is 58.1 Å². The second-order valence-electron chi connectivity index (χ2n) is 9.21. The van der Waals surface area contributed by atoms with E-state index < -0.39 is 0 Å². The molecule has 1 aliphatic rings. The van der Waals surface area contributed by atoms with Gasteiger partial charge in [0.15, 0.2) is 0 Å². The number of benzene rings is 2. The lowest BCUT2D eigenvalue weighted by Gasteiger charge is -2.32. The number of likely N-dealkylation sites (N-methyl/N-ethyl adjacent to an activating group) is 1. The highest BCUT2D eigenvalue weighted by atomic mass is 15.2. The quantitative estimate of drug-likeness (QED) is 0.473. The zero-order valence-electron chi connectivity index (χ0n) is 19.4. The van der Waals surface area contributed by atoms with Gasteiger partial charge >= 0.3 is 0 Å². The standard InChI is InChI=1S/C27H33N5/c1-20-5-7-22(8-6-20)26-21(2)28-27(29-26)24-9-10-25-23(19-24)11-14-32(25)13-4-12-31-17-15-30(3)16-18-31/h5-11,14,19H,4,12-13,15-18H2,1-3H3,(H,28,29). The summed E-state index contributed by atoms with van der Waals surface area (Å²) < 4.78 is 2.39. The zero-order chi connectivity index (χ0) is 22.1. The summed E-state index contributed by atoms with van der Waals surface area (Å²) >= 11 is 0. The van der Waals surface area contributed by atoms with E-state index in [9.17, 15) is 0 Å². The molecule has 4 aromatic rings. The predicted octanol–water partition coefficient (Wildman–Crippen LogP) is 4.95. The highest BCUT2D eigenvalue weighted by Crippen LogP contribution is 2.28. The molecule has 0 saturated carbocycles. The number of imidazole rings is 1. The molecule has 32 heavy (non-hydrogen) atoms. The minimum absolute atomic E-state index is 0.933. The second kappa shape index (κ2) is 8.93.